The van der Waals surface area contributed by atoms with Crippen LogP contribution in [0.25, 0.3) is 0 Å². The normalized spacial score (nSPS) is 18.6. The van der Waals surface area contributed by atoms with Crippen molar-refractivity contribution in [3.05, 3.63) is 22.2 Å². The van der Waals surface area contributed by atoms with E-state index in [1.165, 1.54) is 30.0 Å². The summed E-state index contributed by atoms with van der Waals surface area (Å²) in [5, 5.41) is 18.2. The molecule has 1 aromatic heterocycles. The van der Waals surface area contributed by atoms with Crippen molar-refractivity contribution in [1.82, 2.24) is 34.9 Å². The zero-order chi connectivity index (χ0) is 17.5. The third-order valence-electron chi connectivity index (χ3n) is 3.99. The number of aromatic nitrogens is 4. The average molecular weight is 400 g/mol. The second-order valence-electron chi connectivity index (χ2n) is 6.07. The number of nitrogens with one attached hydrogen (secondary N) is 1. The number of rotatable bonds is 9. The number of tetrazole rings is 1. The smallest absolute Gasteiger partial charge is 0.209 e. The second kappa shape index (κ2) is 9.86. The first-order valence-electron chi connectivity index (χ1n) is 8.51. The molecule has 0 atom stereocenters. The lowest BCUT2D eigenvalue weighted by Crippen LogP contribution is -2.36. The van der Waals surface area contributed by atoms with Crippen molar-refractivity contribution >= 4 is 35.5 Å². The maximum atomic E-state index is 3.99. The molecule has 0 radical (unpaired) electrons. The average Bonchev–Trinajstić information content (AvgIpc) is 3.23. The summed E-state index contributed by atoms with van der Waals surface area (Å²) in [6.07, 6.45) is 7.16. The number of aryl methyl sites for hydroxylation is 1. The molecular weight excluding hydrogens is 374 g/mol. The van der Waals surface area contributed by atoms with Crippen LogP contribution in [0.1, 0.15) is 25.7 Å². The van der Waals surface area contributed by atoms with Crippen molar-refractivity contribution < 1.29 is 0 Å². The first kappa shape index (κ1) is 19.1. The molecule has 138 valence electrons. The van der Waals surface area contributed by atoms with E-state index < -0.39 is 0 Å². The minimum absolute atomic E-state index is 0.898. The Morgan fingerprint density at radius 1 is 1.20 bits per heavy atom. The Morgan fingerprint density at radius 3 is 2.80 bits per heavy atom. The van der Waals surface area contributed by atoms with E-state index in [-0.39, 0.29) is 0 Å². The molecule has 0 amide bonds. The van der Waals surface area contributed by atoms with E-state index >= 15 is 0 Å². The fourth-order valence-corrected chi connectivity index (χ4v) is 5.38. The van der Waals surface area contributed by atoms with Crippen molar-refractivity contribution in [1.29, 1.82) is 0 Å². The van der Waals surface area contributed by atoms with Crippen LogP contribution in [-0.2, 0) is 7.05 Å². The third-order valence-corrected chi connectivity index (χ3v) is 6.95. The molecule has 0 saturated heterocycles. The second-order valence-corrected chi connectivity index (χ2v) is 8.90. The first-order valence-corrected chi connectivity index (χ1v) is 11.4. The molecule has 0 aliphatic carbocycles. The van der Waals surface area contributed by atoms with Gasteiger partial charge in [-0.25, -0.2) is 4.68 Å². The third kappa shape index (κ3) is 5.65. The lowest BCUT2D eigenvalue weighted by Gasteiger charge is -2.30. The highest BCUT2D eigenvalue weighted by Gasteiger charge is 2.22. The molecule has 0 fully saturated rings. The minimum Gasteiger partial charge on any atom is -0.300 e. The molecule has 0 unspecified atom stereocenters. The van der Waals surface area contributed by atoms with Gasteiger partial charge < -0.3 is 4.90 Å². The molecule has 1 N–H and O–H groups in total. The van der Waals surface area contributed by atoms with Crippen LogP contribution in [-0.4, -0.2) is 61.8 Å². The molecule has 0 saturated carbocycles. The van der Waals surface area contributed by atoms with Gasteiger partial charge in [0.05, 0.1) is 5.03 Å². The van der Waals surface area contributed by atoms with Gasteiger partial charge in [0.2, 0.25) is 5.16 Å². The van der Waals surface area contributed by atoms with Crippen LogP contribution in [0, 0.1) is 0 Å². The predicted molar refractivity (Wildman–Crippen MR) is 107 cm³/mol. The zero-order valence-corrected chi connectivity index (χ0v) is 17.2. The fraction of sp³-hybridized carbons (Fsp3) is 0.667. The Kier molecular flexibility index (Phi) is 7.53. The number of unbranched alkanes of at least 4 members (excludes halogenated alkanes) is 2. The molecule has 7 nitrogen and oxygen atoms in total. The number of likely N-dealkylation sites (N-methyl/N-ethyl adjacent to an activating group) is 1. The van der Waals surface area contributed by atoms with Crippen LogP contribution in [0.4, 0.5) is 0 Å². The summed E-state index contributed by atoms with van der Waals surface area (Å²) >= 11 is 5.34. The maximum Gasteiger partial charge on any atom is 0.209 e. The number of nitrogens with zero attached hydrogens (tertiary/aromatic N) is 6. The minimum atomic E-state index is 0.898. The van der Waals surface area contributed by atoms with Crippen LogP contribution in [0.15, 0.2) is 27.4 Å². The van der Waals surface area contributed by atoms with Gasteiger partial charge in [-0.1, -0.05) is 24.3 Å². The van der Waals surface area contributed by atoms with E-state index in [0.717, 1.165) is 36.2 Å². The molecular formula is C15H25N7S3. The van der Waals surface area contributed by atoms with Crippen molar-refractivity contribution in [2.24, 2.45) is 7.05 Å². The Balaban J connectivity index is 1.30. The molecule has 2 aliphatic heterocycles. The van der Waals surface area contributed by atoms with E-state index in [0.29, 0.717) is 0 Å². The summed E-state index contributed by atoms with van der Waals surface area (Å²) in [6.45, 7) is 2.17. The molecule has 1 aromatic rings. The Labute approximate surface area is 162 Å². The highest BCUT2D eigenvalue weighted by molar-refractivity contribution is 8.06. The Bertz CT molecular complexity index is 616. The lowest BCUT2D eigenvalue weighted by molar-refractivity contribution is 0.298. The zero-order valence-electron chi connectivity index (χ0n) is 14.7. The molecule has 2 aliphatic rings. The largest absolute Gasteiger partial charge is 0.300 e. The van der Waals surface area contributed by atoms with Crippen LogP contribution in [0.5, 0.6) is 0 Å². The summed E-state index contributed by atoms with van der Waals surface area (Å²) in [7, 11) is 4.06. The summed E-state index contributed by atoms with van der Waals surface area (Å²) in [5.41, 5.74) is 1.37. The number of hydrazine groups is 1. The summed E-state index contributed by atoms with van der Waals surface area (Å²) < 4.78 is 1.73. The van der Waals surface area contributed by atoms with E-state index in [1.54, 1.807) is 28.4 Å². The first-order chi connectivity index (χ1) is 12.2. The monoisotopic (exact) mass is 399 g/mol. The highest BCUT2D eigenvalue weighted by Crippen LogP contribution is 2.32. The van der Waals surface area contributed by atoms with Gasteiger partial charge in [0.1, 0.15) is 0 Å². The molecule has 0 bridgehead atoms. The van der Waals surface area contributed by atoms with Crippen molar-refractivity contribution in [2.45, 2.75) is 30.8 Å². The Hall–Kier alpha value is -0.680. The van der Waals surface area contributed by atoms with Crippen molar-refractivity contribution in [2.75, 3.05) is 31.6 Å². The van der Waals surface area contributed by atoms with E-state index in [9.17, 15) is 0 Å². The van der Waals surface area contributed by atoms with Gasteiger partial charge in [-0.05, 0) is 54.4 Å². The van der Waals surface area contributed by atoms with Gasteiger partial charge in [-0.15, -0.1) is 16.9 Å². The number of hydrogen-bond donors (Lipinski definition) is 1. The molecule has 0 aromatic carbocycles. The highest BCUT2D eigenvalue weighted by atomic mass is 32.2. The van der Waals surface area contributed by atoms with Crippen LogP contribution in [0.3, 0.4) is 0 Å². The quantitative estimate of drug-likeness (QED) is 0.383. The van der Waals surface area contributed by atoms with E-state index in [4.69, 9.17) is 0 Å². The van der Waals surface area contributed by atoms with E-state index in [2.05, 4.69) is 48.8 Å². The van der Waals surface area contributed by atoms with Gasteiger partial charge >= 0.3 is 0 Å². The Morgan fingerprint density at radius 2 is 2.04 bits per heavy atom. The molecule has 3 rings (SSSR count). The van der Waals surface area contributed by atoms with Gasteiger partial charge in [0, 0.05) is 37.0 Å². The lowest BCUT2D eigenvalue weighted by atomic mass is 10.2. The molecule has 10 heteroatoms. The van der Waals surface area contributed by atoms with Gasteiger partial charge in [-0.3, -0.25) is 5.01 Å². The van der Waals surface area contributed by atoms with Crippen molar-refractivity contribution in [3.8, 4) is 0 Å². The number of hydrogen-bond acceptors (Lipinski definition) is 9. The van der Waals surface area contributed by atoms with Gasteiger partial charge in [-0.2, -0.15) is 4.83 Å². The molecule has 25 heavy (non-hydrogen) atoms. The predicted octanol–water partition coefficient (Wildman–Crippen LogP) is 2.69. The van der Waals surface area contributed by atoms with Crippen LogP contribution >= 0.6 is 35.5 Å². The van der Waals surface area contributed by atoms with Gasteiger partial charge in [0.15, 0.2) is 0 Å². The maximum absolute atomic E-state index is 3.99. The van der Waals surface area contributed by atoms with E-state index in [1.807, 2.05) is 18.8 Å². The van der Waals surface area contributed by atoms with Crippen LogP contribution in [0.2, 0.25) is 0 Å². The molecule has 3 heterocycles. The topological polar surface area (TPSA) is 62.1 Å². The standard InChI is InChI=1S/C15H25N7S3/c1-20-8-6-7-13(11-20)22-14(12-25-19-22)23-9-4-3-5-10-24-15-16-17-18-21(15)2/h7,12,19H,3-6,8-11H2,1-2H3. The fourth-order valence-electron chi connectivity index (χ4n) is 2.62. The van der Waals surface area contributed by atoms with Crippen molar-refractivity contribution in [3.63, 3.8) is 0 Å². The number of thioether (sulfide) groups is 2. The summed E-state index contributed by atoms with van der Waals surface area (Å²) in [4.78, 5) is 5.76. The van der Waals surface area contributed by atoms with Crippen LogP contribution < -0.4 is 4.83 Å². The SMILES string of the molecule is CN1CCC=C(N2NSC=C2SCCCCCSc2nnnn2C)C1. The summed E-state index contributed by atoms with van der Waals surface area (Å²) in [6, 6.07) is 0. The molecule has 0 spiro atoms. The summed E-state index contributed by atoms with van der Waals surface area (Å²) in [5.74, 6) is 2.23. The van der Waals surface area contributed by atoms with Gasteiger partial charge in [0.25, 0.3) is 0 Å².